The molecule has 1 atom stereocenters. The largest absolute Gasteiger partial charge is 0.467 e. The predicted octanol–water partition coefficient (Wildman–Crippen LogP) is 8.04. The Morgan fingerprint density at radius 3 is 2.38 bits per heavy atom. The lowest BCUT2D eigenvalue weighted by molar-refractivity contribution is 0.0614. The molecule has 1 aliphatic carbocycles. The number of fused-ring (bicyclic) bond motifs is 1. The third kappa shape index (κ3) is 5.85. The Morgan fingerprint density at radius 2 is 1.67 bits per heavy atom. The van der Waals surface area contributed by atoms with Crippen LogP contribution in [0.3, 0.4) is 0 Å². The Bertz CT molecular complexity index is 1530. The summed E-state index contributed by atoms with van der Waals surface area (Å²) in [6, 6.07) is 23.1. The van der Waals surface area contributed by atoms with Gasteiger partial charge in [0.25, 0.3) is 5.91 Å². The van der Waals surface area contributed by atoms with Crippen molar-refractivity contribution in [1.82, 2.24) is 9.80 Å². The van der Waals surface area contributed by atoms with E-state index in [9.17, 15) is 4.79 Å². The van der Waals surface area contributed by atoms with Crippen molar-refractivity contribution in [3.05, 3.63) is 118 Å². The fraction of sp³-hybridized carbons (Fsp3) is 0.432. The Balaban J connectivity index is 1.21. The van der Waals surface area contributed by atoms with Gasteiger partial charge >= 0.3 is 0 Å². The monoisotopic (exact) mass is 564 g/mol. The highest BCUT2D eigenvalue weighted by molar-refractivity contribution is 5.91. The normalized spacial score (nSPS) is 19.5. The van der Waals surface area contributed by atoms with Crippen LogP contribution in [0.1, 0.15) is 96.8 Å². The lowest BCUT2D eigenvalue weighted by Gasteiger charge is -2.42. The van der Waals surface area contributed by atoms with Crippen LogP contribution in [0.15, 0.2) is 81.8 Å². The Morgan fingerprint density at radius 1 is 0.929 bits per heavy atom. The zero-order valence-corrected chi connectivity index (χ0v) is 25.8. The molecule has 1 unspecified atom stereocenters. The summed E-state index contributed by atoms with van der Waals surface area (Å²) in [4.78, 5) is 18.3. The second kappa shape index (κ2) is 11.3. The molecule has 2 aromatic heterocycles. The van der Waals surface area contributed by atoms with E-state index < -0.39 is 0 Å². The number of hydrogen-bond donors (Lipinski definition) is 0. The van der Waals surface area contributed by atoms with Crippen LogP contribution in [-0.4, -0.2) is 34.8 Å². The number of likely N-dealkylation sites (tertiary alicyclic amines) is 1. The minimum atomic E-state index is -0.0748. The van der Waals surface area contributed by atoms with E-state index in [2.05, 4.69) is 75.9 Å². The smallest absolute Gasteiger partial charge is 0.290 e. The van der Waals surface area contributed by atoms with Gasteiger partial charge in [-0.2, -0.15) is 0 Å². The van der Waals surface area contributed by atoms with Crippen LogP contribution in [-0.2, 0) is 30.3 Å². The van der Waals surface area contributed by atoms with Crippen molar-refractivity contribution in [3.63, 3.8) is 0 Å². The van der Waals surface area contributed by atoms with Crippen molar-refractivity contribution < 1.29 is 13.6 Å². The molecular formula is C37H44N2O3. The van der Waals surface area contributed by atoms with Crippen LogP contribution in [0, 0.1) is 6.92 Å². The second-order valence-corrected chi connectivity index (χ2v) is 13.7. The van der Waals surface area contributed by atoms with Gasteiger partial charge in [0.2, 0.25) is 0 Å². The van der Waals surface area contributed by atoms with Gasteiger partial charge in [-0.1, -0.05) is 70.2 Å². The molecule has 1 aliphatic heterocycles. The van der Waals surface area contributed by atoms with Gasteiger partial charge in [0.15, 0.2) is 5.76 Å². The van der Waals surface area contributed by atoms with E-state index >= 15 is 0 Å². The number of nitrogens with zero attached hydrogens (tertiary/aromatic N) is 2. The second-order valence-electron chi connectivity index (χ2n) is 13.7. The Labute approximate surface area is 250 Å². The number of amides is 1. The van der Waals surface area contributed by atoms with Crippen LogP contribution in [0.5, 0.6) is 0 Å². The number of carbonyl (C=O) groups excluding carboxylic acids is 1. The Hall–Kier alpha value is -3.57. The molecule has 6 rings (SSSR count). The van der Waals surface area contributed by atoms with Crippen molar-refractivity contribution in [2.75, 3.05) is 13.1 Å². The maximum Gasteiger partial charge on any atom is 0.290 e. The quantitative estimate of drug-likeness (QED) is 0.217. The first kappa shape index (κ1) is 28.5. The summed E-state index contributed by atoms with van der Waals surface area (Å²) in [7, 11) is 0. The lowest BCUT2D eigenvalue weighted by Crippen LogP contribution is -2.41. The van der Waals surface area contributed by atoms with Crippen LogP contribution >= 0.6 is 0 Å². The van der Waals surface area contributed by atoms with Gasteiger partial charge in [-0.05, 0) is 89.1 Å². The van der Waals surface area contributed by atoms with E-state index in [4.69, 9.17) is 8.83 Å². The molecule has 220 valence electrons. The van der Waals surface area contributed by atoms with Gasteiger partial charge in [-0.15, -0.1) is 0 Å². The SMILES string of the molecule is Cc1cc2c(cc1Cc1ccc(C(=O)N(Cc3ccco3)C3CCN(Cc4ccccc4)C3)o1)C(C)(C)CCC2(C)C. The van der Waals surface area contributed by atoms with Crippen LogP contribution in [0.25, 0.3) is 0 Å². The molecule has 1 saturated heterocycles. The number of furan rings is 2. The van der Waals surface area contributed by atoms with Gasteiger partial charge in [0, 0.05) is 32.1 Å². The average Bonchev–Trinajstić information content (AvgIpc) is 3.74. The van der Waals surface area contributed by atoms with Gasteiger partial charge < -0.3 is 13.7 Å². The minimum absolute atomic E-state index is 0.0748. The fourth-order valence-corrected chi connectivity index (χ4v) is 6.86. The summed E-state index contributed by atoms with van der Waals surface area (Å²) in [5.74, 6) is 1.93. The first-order chi connectivity index (χ1) is 20.1. The number of carbonyl (C=O) groups is 1. The van der Waals surface area contributed by atoms with E-state index in [-0.39, 0.29) is 22.8 Å². The summed E-state index contributed by atoms with van der Waals surface area (Å²) < 4.78 is 12.0. The van der Waals surface area contributed by atoms with Gasteiger partial charge in [0.05, 0.1) is 12.8 Å². The van der Waals surface area contributed by atoms with Crippen LogP contribution < -0.4 is 0 Å². The van der Waals surface area contributed by atoms with E-state index in [0.29, 0.717) is 18.7 Å². The molecule has 42 heavy (non-hydrogen) atoms. The highest BCUT2D eigenvalue weighted by atomic mass is 16.4. The van der Waals surface area contributed by atoms with Crippen LogP contribution in [0.4, 0.5) is 0 Å². The summed E-state index contributed by atoms with van der Waals surface area (Å²) in [5, 5.41) is 0. The first-order valence-electron chi connectivity index (χ1n) is 15.4. The lowest BCUT2D eigenvalue weighted by atomic mass is 9.62. The van der Waals surface area contributed by atoms with E-state index in [1.165, 1.54) is 40.7 Å². The molecule has 0 bridgehead atoms. The molecule has 2 aromatic carbocycles. The van der Waals surface area contributed by atoms with Gasteiger partial charge in [-0.25, -0.2) is 0 Å². The summed E-state index contributed by atoms with van der Waals surface area (Å²) in [5.41, 5.74) is 7.12. The first-order valence-corrected chi connectivity index (χ1v) is 15.4. The van der Waals surface area contributed by atoms with Crippen LogP contribution in [0.2, 0.25) is 0 Å². The summed E-state index contributed by atoms with van der Waals surface area (Å²) >= 11 is 0. The maximum absolute atomic E-state index is 14.0. The summed E-state index contributed by atoms with van der Waals surface area (Å²) in [6.45, 7) is 14.8. The molecule has 0 spiro atoms. The molecule has 0 radical (unpaired) electrons. The molecule has 5 nitrogen and oxygen atoms in total. The van der Waals surface area contributed by atoms with E-state index in [1.807, 2.05) is 35.2 Å². The fourth-order valence-electron chi connectivity index (χ4n) is 6.86. The molecule has 1 fully saturated rings. The molecule has 1 amide bonds. The van der Waals surface area contributed by atoms with Crippen molar-refractivity contribution >= 4 is 5.91 Å². The average molecular weight is 565 g/mol. The zero-order chi connectivity index (χ0) is 29.5. The third-order valence-electron chi connectivity index (χ3n) is 9.65. The van der Waals surface area contributed by atoms with E-state index in [1.54, 1.807) is 6.26 Å². The van der Waals surface area contributed by atoms with Crippen molar-refractivity contribution in [1.29, 1.82) is 0 Å². The molecule has 2 aliphatic rings. The number of rotatable bonds is 8. The third-order valence-corrected chi connectivity index (χ3v) is 9.65. The molecule has 0 saturated carbocycles. The van der Waals surface area contributed by atoms with Crippen molar-refractivity contribution in [3.8, 4) is 0 Å². The highest BCUT2D eigenvalue weighted by Gasteiger charge is 2.38. The highest BCUT2D eigenvalue weighted by Crippen LogP contribution is 2.46. The molecule has 3 heterocycles. The number of benzene rings is 2. The minimum Gasteiger partial charge on any atom is -0.467 e. The predicted molar refractivity (Wildman–Crippen MR) is 167 cm³/mol. The number of hydrogen-bond acceptors (Lipinski definition) is 4. The van der Waals surface area contributed by atoms with Gasteiger partial charge in [-0.3, -0.25) is 9.69 Å². The number of aryl methyl sites for hydroxylation is 1. The molecule has 5 heteroatoms. The standard InChI is InChI=1S/C37H44N2O3/c1-26-20-32-33(37(4,5)17-16-36(32,2)3)22-28(26)21-30-13-14-34(42-30)35(40)39(25-31-12-9-19-41-31)29-15-18-38(24-29)23-27-10-7-6-8-11-27/h6-14,19-20,22,29H,15-18,21,23-25H2,1-5H3. The topological polar surface area (TPSA) is 49.8 Å². The molecule has 4 aromatic rings. The zero-order valence-electron chi connectivity index (χ0n) is 25.8. The molecular weight excluding hydrogens is 520 g/mol. The van der Waals surface area contributed by atoms with E-state index in [0.717, 1.165) is 37.6 Å². The maximum atomic E-state index is 14.0. The van der Waals surface area contributed by atoms with Gasteiger partial charge in [0.1, 0.15) is 11.5 Å². The van der Waals surface area contributed by atoms with Crippen molar-refractivity contribution in [2.24, 2.45) is 0 Å². The Kier molecular flexibility index (Phi) is 7.65. The van der Waals surface area contributed by atoms with Crippen molar-refractivity contribution in [2.45, 2.75) is 90.3 Å². The molecule has 0 N–H and O–H groups in total. The summed E-state index contributed by atoms with van der Waals surface area (Å²) in [6.07, 6.45) is 5.66.